The maximum atomic E-state index is 13.0. The van der Waals surface area contributed by atoms with Gasteiger partial charge in [0.1, 0.15) is 0 Å². The summed E-state index contributed by atoms with van der Waals surface area (Å²) >= 11 is 5.59. The summed E-state index contributed by atoms with van der Waals surface area (Å²) in [5.74, 6) is -4.35. The van der Waals surface area contributed by atoms with Crippen LogP contribution in [-0.2, 0) is 9.53 Å². The molecule has 0 aromatic heterocycles. The van der Waals surface area contributed by atoms with Crippen molar-refractivity contribution < 1.29 is 23.8 Å². The van der Waals surface area contributed by atoms with Gasteiger partial charge in [0.15, 0.2) is 11.6 Å². The maximum Gasteiger partial charge on any atom is 0.379 e. The smallest absolute Gasteiger partial charge is 0.379 e. The average Bonchev–Trinajstić information content (AvgIpc) is 2.24. The van der Waals surface area contributed by atoms with E-state index in [1.54, 1.807) is 0 Å². The van der Waals surface area contributed by atoms with Crippen molar-refractivity contribution in [1.29, 1.82) is 0 Å². The first-order chi connectivity index (χ1) is 7.49. The minimum absolute atomic E-state index is 0.00172. The van der Waals surface area contributed by atoms with E-state index in [-0.39, 0.29) is 11.6 Å². The van der Waals surface area contributed by atoms with E-state index in [1.165, 1.54) is 6.92 Å². The minimum atomic E-state index is -1.19. The Morgan fingerprint density at radius 3 is 2.69 bits per heavy atom. The molecule has 0 amide bonds. The van der Waals surface area contributed by atoms with Gasteiger partial charge in [-0.2, -0.15) is 0 Å². The second-order valence-corrected chi connectivity index (χ2v) is 3.21. The van der Waals surface area contributed by atoms with E-state index in [4.69, 9.17) is 11.6 Å². The molecule has 0 atom stereocenters. The largest absolute Gasteiger partial charge is 0.504 e. The fourth-order valence-electron chi connectivity index (χ4n) is 1.06. The molecule has 16 heavy (non-hydrogen) atoms. The highest BCUT2D eigenvalue weighted by molar-refractivity contribution is 6.46. The van der Waals surface area contributed by atoms with Gasteiger partial charge in [0.05, 0.1) is 17.2 Å². The summed E-state index contributed by atoms with van der Waals surface area (Å²) < 4.78 is 17.4. The number of phenolic OH excluding ortho intramolecular Hbond substituents is 1. The molecule has 0 fully saturated rings. The zero-order valence-electron chi connectivity index (χ0n) is 8.29. The van der Waals surface area contributed by atoms with Crippen LogP contribution in [0.5, 0.6) is 5.75 Å². The van der Waals surface area contributed by atoms with Crippen molar-refractivity contribution in [3.05, 3.63) is 28.5 Å². The molecule has 1 N–H and O–H groups in total. The van der Waals surface area contributed by atoms with Crippen LogP contribution in [0.15, 0.2) is 12.1 Å². The third kappa shape index (κ3) is 2.30. The summed E-state index contributed by atoms with van der Waals surface area (Å²) in [5.41, 5.74) is -0.583. The number of rotatable bonds is 3. The Hall–Kier alpha value is -1.62. The SMILES string of the molecule is CCOC(=O)C(=O)c1c(Cl)ccc(F)c1O. The molecule has 0 unspecified atom stereocenters. The quantitative estimate of drug-likeness (QED) is 0.503. The first-order valence-electron chi connectivity index (χ1n) is 4.37. The Morgan fingerprint density at radius 1 is 1.50 bits per heavy atom. The molecule has 86 valence electrons. The molecule has 0 heterocycles. The van der Waals surface area contributed by atoms with E-state index in [1.807, 2.05) is 0 Å². The topological polar surface area (TPSA) is 63.6 Å². The van der Waals surface area contributed by atoms with Crippen molar-refractivity contribution in [3.63, 3.8) is 0 Å². The van der Waals surface area contributed by atoms with Crippen molar-refractivity contribution >= 4 is 23.4 Å². The van der Waals surface area contributed by atoms with E-state index >= 15 is 0 Å². The van der Waals surface area contributed by atoms with Crippen LogP contribution in [0, 0.1) is 5.82 Å². The van der Waals surface area contributed by atoms with Gasteiger partial charge in [-0.1, -0.05) is 11.6 Å². The standard InChI is InChI=1S/C10H8ClFO4/c1-2-16-10(15)9(14)7-5(11)3-4-6(12)8(7)13/h3-4,13H,2H2,1H3. The molecule has 6 heteroatoms. The Labute approximate surface area is 95.6 Å². The van der Waals surface area contributed by atoms with Crippen LogP contribution < -0.4 is 0 Å². The lowest BCUT2D eigenvalue weighted by Crippen LogP contribution is -2.18. The molecular weight excluding hydrogens is 239 g/mol. The molecule has 0 aliphatic rings. The molecular formula is C10H8ClFO4. The van der Waals surface area contributed by atoms with E-state index in [9.17, 15) is 19.1 Å². The van der Waals surface area contributed by atoms with Crippen molar-refractivity contribution in [2.75, 3.05) is 6.61 Å². The van der Waals surface area contributed by atoms with Gasteiger partial charge in [-0.25, -0.2) is 9.18 Å². The molecule has 0 radical (unpaired) electrons. The number of ether oxygens (including phenoxy) is 1. The number of hydrogen-bond acceptors (Lipinski definition) is 4. The third-order valence-electron chi connectivity index (χ3n) is 1.77. The molecule has 0 aliphatic carbocycles. The second kappa shape index (κ2) is 4.94. The zero-order valence-corrected chi connectivity index (χ0v) is 9.05. The number of carbonyl (C=O) groups excluding carboxylic acids is 2. The van der Waals surface area contributed by atoms with Gasteiger partial charge in [0, 0.05) is 0 Å². The number of benzene rings is 1. The Kier molecular flexibility index (Phi) is 3.84. The number of hydrogen-bond donors (Lipinski definition) is 1. The fourth-order valence-corrected chi connectivity index (χ4v) is 1.29. The fraction of sp³-hybridized carbons (Fsp3) is 0.200. The van der Waals surface area contributed by atoms with Gasteiger partial charge in [0.2, 0.25) is 0 Å². The number of ketones is 1. The van der Waals surface area contributed by atoms with Crippen LogP contribution in [0.1, 0.15) is 17.3 Å². The average molecular weight is 247 g/mol. The predicted molar refractivity (Wildman–Crippen MR) is 54.0 cm³/mol. The number of Topliss-reactive ketones (excluding diaryl/α,β-unsaturated/α-hetero) is 1. The van der Waals surface area contributed by atoms with Gasteiger partial charge in [0.25, 0.3) is 5.78 Å². The molecule has 1 aromatic carbocycles. The Bertz CT molecular complexity index is 445. The van der Waals surface area contributed by atoms with Crippen LogP contribution in [0.3, 0.4) is 0 Å². The van der Waals surface area contributed by atoms with E-state index in [0.29, 0.717) is 0 Å². The third-order valence-corrected chi connectivity index (χ3v) is 2.08. The van der Waals surface area contributed by atoms with Crippen molar-refractivity contribution in [2.24, 2.45) is 0 Å². The van der Waals surface area contributed by atoms with Crippen LogP contribution in [-0.4, -0.2) is 23.5 Å². The van der Waals surface area contributed by atoms with Gasteiger partial charge in [-0.05, 0) is 19.1 Å². The summed E-state index contributed by atoms with van der Waals surface area (Å²) in [6.07, 6.45) is 0. The molecule has 0 bridgehead atoms. The van der Waals surface area contributed by atoms with Crippen LogP contribution >= 0.6 is 11.6 Å². The first kappa shape index (κ1) is 12.4. The van der Waals surface area contributed by atoms with Gasteiger partial charge >= 0.3 is 5.97 Å². The summed E-state index contributed by atoms with van der Waals surface area (Å²) in [6.45, 7) is 1.51. The normalized spacial score (nSPS) is 9.94. The van der Waals surface area contributed by atoms with Gasteiger partial charge in [-0.3, -0.25) is 4.79 Å². The Morgan fingerprint density at radius 2 is 2.12 bits per heavy atom. The van der Waals surface area contributed by atoms with Gasteiger partial charge in [-0.15, -0.1) is 0 Å². The number of esters is 1. The lowest BCUT2D eigenvalue weighted by atomic mass is 10.1. The first-order valence-corrected chi connectivity index (χ1v) is 4.75. The van der Waals surface area contributed by atoms with E-state index in [2.05, 4.69) is 4.74 Å². The minimum Gasteiger partial charge on any atom is -0.504 e. The van der Waals surface area contributed by atoms with E-state index in [0.717, 1.165) is 12.1 Å². The molecule has 1 rings (SSSR count). The molecule has 0 spiro atoms. The lowest BCUT2D eigenvalue weighted by molar-refractivity contribution is -0.137. The number of phenols is 1. The van der Waals surface area contributed by atoms with Crippen molar-refractivity contribution in [2.45, 2.75) is 6.92 Å². The van der Waals surface area contributed by atoms with Crippen LogP contribution in [0.2, 0.25) is 5.02 Å². The van der Waals surface area contributed by atoms with Crippen molar-refractivity contribution in [1.82, 2.24) is 0 Å². The highest BCUT2D eigenvalue weighted by Gasteiger charge is 2.25. The number of halogens is 2. The van der Waals surface area contributed by atoms with E-state index < -0.39 is 28.9 Å². The molecule has 0 saturated carbocycles. The summed E-state index contributed by atoms with van der Waals surface area (Å²) in [7, 11) is 0. The summed E-state index contributed by atoms with van der Waals surface area (Å²) in [4.78, 5) is 22.5. The predicted octanol–water partition coefficient (Wildman–Crippen LogP) is 1.93. The monoisotopic (exact) mass is 246 g/mol. The summed E-state index contributed by atoms with van der Waals surface area (Å²) in [5, 5.41) is 9.07. The number of aromatic hydroxyl groups is 1. The highest BCUT2D eigenvalue weighted by Crippen LogP contribution is 2.28. The summed E-state index contributed by atoms with van der Waals surface area (Å²) in [6, 6.07) is 1.96. The molecule has 4 nitrogen and oxygen atoms in total. The van der Waals surface area contributed by atoms with Gasteiger partial charge < -0.3 is 9.84 Å². The molecule has 0 saturated heterocycles. The van der Waals surface area contributed by atoms with Crippen LogP contribution in [0.4, 0.5) is 4.39 Å². The second-order valence-electron chi connectivity index (χ2n) is 2.80. The zero-order chi connectivity index (χ0) is 12.3. The lowest BCUT2D eigenvalue weighted by Gasteiger charge is -2.06. The molecule has 1 aromatic rings. The van der Waals surface area contributed by atoms with Crippen LogP contribution in [0.25, 0.3) is 0 Å². The number of carbonyl (C=O) groups is 2. The molecule has 0 aliphatic heterocycles. The Balaban J connectivity index is 3.18. The highest BCUT2D eigenvalue weighted by atomic mass is 35.5. The maximum absolute atomic E-state index is 13.0. The van der Waals surface area contributed by atoms with Crippen molar-refractivity contribution in [3.8, 4) is 5.75 Å².